The van der Waals surface area contributed by atoms with Crippen molar-refractivity contribution in [3.63, 3.8) is 0 Å². The Labute approximate surface area is 300 Å². The van der Waals surface area contributed by atoms with Crippen LogP contribution < -0.4 is 4.90 Å². The highest BCUT2D eigenvalue weighted by Gasteiger charge is 2.36. The van der Waals surface area contributed by atoms with Gasteiger partial charge in [-0.1, -0.05) is 129 Å². The van der Waals surface area contributed by atoms with Gasteiger partial charge in [-0.05, 0) is 76.2 Å². The second-order valence-corrected chi connectivity index (χ2v) is 14.9. The van der Waals surface area contributed by atoms with Gasteiger partial charge in [0.2, 0.25) is 0 Å². The molecule has 0 amide bonds. The van der Waals surface area contributed by atoms with Crippen LogP contribution in [0.1, 0.15) is 25.0 Å². The summed E-state index contributed by atoms with van der Waals surface area (Å²) in [6.45, 7) is 4.74. The molecule has 0 unspecified atom stereocenters. The summed E-state index contributed by atoms with van der Waals surface area (Å²) >= 11 is 0. The van der Waals surface area contributed by atoms with Crippen molar-refractivity contribution in [1.29, 1.82) is 0 Å². The van der Waals surface area contributed by atoms with Gasteiger partial charge in [0.15, 0.2) is 0 Å². The zero-order valence-corrected chi connectivity index (χ0v) is 28.9. The van der Waals surface area contributed by atoms with Gasteiger partial charge < -0.3 is 13.7 Å². The van der Waals surface area contributed by atoms with Crippen molar-refractivity contribution in [1.82, 2.24) is 8.80 Å². The van der Waals surface area contributed by atoms with E-state index in [4.69, 9.17) is 0 Å². The zero-order chi connectivity index (χ0) is 34.3. The van der Waals surface area contributed by atoms with Crippen molar-refractivity contribution >= 4 is 82.5 Å². The van der Waals surface area contributed by atoms with Crippen LogP contribution in [0.25, 0.3) is 76.5 Å². The Morgan fingerprint density at radius 3 is 1.92 bits per heavy atom. The third-order valence-electron chi connectivity index (χ3n) is 12.0. The third-order valence-corrected chi connectivity index (χ3v) is 12.0. The van der Waals surface area contributed by atoms with Crippen molar-refractivity contribution < 1.29 is 0 Å². The van der Waals surface area contributed by atoms with Crippen LogP contribution in [0.3, 0.4) is 0 Å². The molecule has 3 nitrogen and oxygen atoms in total. The van der Waals surface area contributed by atoms with Crippen molar-refractivity contribution in [2.45, 2.75) is 19.3 Å². The van der Waals surface area contributed by atoms with Gasteiger partial charge >= 0.3 is 0 Å². The molecule has 3 aromatic heterocycles. The number of para-hydroxylation sites is 3. The summed E-state index contributed by atoms with van der Waals surface area (Å²) in [5.74, 6) is 0. The quantitative estimate of drug-likeness (QED) is 0.171. The molecular formula is C49H33N3. The number of fused-ring (bicyclic) bond motifs is 12. The molecule has 0 aliphatic heterocycles. The average molecular weight is 664 g/mol. The van der Waals surface area contributed by atoms with Crippen LogP contribution in [0.4, 0.5) is 17.1 Å². The fourth-order valence-corrected chi connectivity index (χ4v) is 9.75. The molecule has 1 aliphatic carbocycles. The summed E-state index contributed by atoms with van der Waals surface area (Å²) < 4.78 is 5.02. The van der Waals surface area contributed by atoms with E-state index in [-0.39, 0.29) is 5.41 Å². The van der Waals surface area contributed by atoms with Crippen LogP contribution in [-0.2, 0) is 5.41 Å². The van der Waals surface area contributed by atoms with E-state index in [1.807, 2.05) is 0 Å². The molecule has 0 saturated heterocycles. The smallest absolute Gasteiger partial charge is 0.0804 e. The summed E-state index contributed by atoms with van der Waals surface area (Å²) in [7, 11) is 0. The Morgan fingerprint density at radius 2 is 1.04 bits per heavy atom. The molecule has 0 N–H and O–H groups in total. The molecule has 8 aromatic carbocycles. The highest BCUT2D eigenvalue weighted by Crippen LogP contribution is 2.53. The molecule has 0 bridgehead atoms. The third kappa shape index (κ3) is 3.41. The van der Waals surface area contributed by atoms with E-state index in [2.05, 4.69) is 191 Å². The maximum atomic E-state index is 2.53. The Hall–Kier alpha value is -6.58. The fraction of sp³-hybridized carbons (Fsp3) is 0.0612. The molecule has 0 atom stereocenters. The van der Waals surface area contributed by atoms with Gasteiger partial charge in [0.25, 0.3) is 0 Å². The van der Waals surface area contributed by atoms with Crippen LogP contribution >= 0.6 is 0 Å². The number of hydrogen-bond acceptors (Lipinski definition) is 1. The van der Waals surface area contributed by atoms with E-state index in [0.717, 1.165) is 5.69 Å². The Kier molecular flexibility index (Phi) is 5.31. The Morgan fingerprint density at radius 1 is 0.423 bits per heavy atom. The first-order valence-electron chi connectivity index (χ1n) is 18.2. The molecule has 11 aromatic rings. The molecule has 0 saturated carbocycles. The largest absolute Gasteiger partial charge is 0.309 e. The van der Waals surface area contributed by atoms with E-state index in [1.165, 1.54) is 99.0 Å². The lowest BCUT2D eigenvalue weighted by molar-refractivity contribution is 0.660. The first-order chi connectivity index (χ1) is 25.6. The molecule has 3 heterocycles. The highest BCUT2D eigenvalue weighted by molar-refractivity contribution is 6.25. The van der Waals surface area contributed by atoms with E-state index >= 15 is 0 Å². The Balaban J connectivity index is 1.25. The van der Waals surface area contributed by atoms with Crippen LogP contribution in [0, 0.1) is 0 Å². The summed E-state index contributed by atoms with van der Waals surface area (Å²) in [6, 6.07) is 60.9. The predicted molar refractivity (Wildman–Crippen MR) is 219 cm³/mol. The number of rotatable bonds is 3. The lowest BCUT2D eigenvalue weighted by Crippen LogP contribution is -2.16. The fourth-order valence-electron chi connectivity index (χ4n) is 9.75. The lowest BCUT2D eigenvalue weighted by atomic mass is 9.82. The van der Waals surface area contributed by atoms with Gasteiger partial charge in [0.05, 0.1) is 44.5 Å². The predicted octanol–water partition coefficient (Wildman–Crippen LogP) is 13.2. The minimum atomic E-state index is -0.118. The van der Waals surface area contributed by atoms with Gasteiger partial charge in [0.1, 0.15) is 0 Å². The lowest BCUT2D eigenvalue weighted by Gasteiger charge is -2.30. The molecule has 3 heteroatoms. The topological polar surface area (TPSA) is 12.1 Å². The van der Waals surface area contributed by atoms with Crippen molar-refractivity contribution in [2.24, 2.45) is 0 Å². The number of hydrogen-bond donors (Lipinski definition) is 0. The number of anilines is 3. The van der Waals surface area contributed by atoms with Crippen LogP contribution in [0.2, 0.25) is 0 Å². The molecule has 0 fully saturated rings. The summed E-state index contributed by atoms with van der Waals surface area (Å²) in [5, 5.41) is 7.53. The van der Waals surface area contributed by atoms with Gasteiger partial charge in [-0.3, -0.25) is 0 Å². The maximum Gasteiger partial charge on any atom is 0.0804 e. The number of benzene rings is 8. The molecule has 244 valence electrons. The number of aromatic nitrogens is 2. The minimum absolute atomic E-state index is 0.118. The van der Waals surface area contributed by atoms with Crippen LogP contribution in [0.5, 0.6) is 0 Å². The monoisotopic (exact) mass is 663 g/mol. The highest BCUT2D eigenvalue weighted by atomic mass is 15.2. The van der Waals surface area contributed by atoms with Gasteiger partial charge in [-0.15, -0.1) is 0 Å². The molecule has 0 spiro atoms. The standard InChI is InChI=1S/C49H33N3/c1-49(2)38-20-8-5-16-33(38)34-26-25-31(29-39(34)49)50(40-23-11-14-30-13-3-4-15-32(30)40)43-27-28-45-48-46(43)37-18-7-10-22-42(37)52(48)44-24-12-19-36-35-17-6-9-21-41(35)51(45)47(36)44/h3-29H,1-2H3. The summed E-state index contributed by atoms with van der Waals surface area (Å²) in [5.41, 5.74) is 16.2. The summed E-state index contributed by atoms with van der Waals surface area (Å²) in [4.78, 5) is 2.53. The van der Waals surface area contributed by atoms with Crippen molar-refractivity contribution in [3.05, 3.63) is 175 Å². The number of nitrogens with zero attached hydrogens (tertiary/aromatic N) is 3. The molecular weight excluding hydrogens is 631 g/mol. The van der Waals surface area contributed by atoms with E-state index in [1.54, 1.807) is 0 Å². The van der Waals surface area contributed by atoms with Gasteiger partial charge in [-0.2, -0.15) is 0 Å². The van der Waals surface area contributed by atoms with Gasteiger partial charge in [-0.25, -0.2) is 0 Å². The van der Waals surface area contributed by atoms with E-state index < -0.39 is 0 Å². The van der Waals surface area contributed by atoms with Crippen molar-refractivity contribution in [3.8, 4) is 11.1 Å². The second kappa shape index (κ2) is 9.80. The first-order valence-corrected chi connectivity index (χ1v) is 18.2. The first kappa shape index (κ1) is 28.2. The summed E-state index contributed by atoms with van der Waals surface area (Å²) in [6.07, 6.45) is 0. The zero-order valence-electron chi connectivity index (χ0n) is 28.9. The second-order valence-electron chi connectivity index (χ2n) is 14.9. The molecule has 52 heavy (non-hydrogen) atoms. The molecule has 12 rings (SSSR count). The Bertz CT molecular complexity index is 3280. The minimum Gasteiger partial charge on any atom is -0.309 e. The maximum absolute atomic E-state index is 2.53. The SMILES string of the molecule is CC1(C)c2ccccc2-c2ccc(N(c3cccc4ccccc34)c3ccc4c5c3c3ccccc3n5c3cccc5c6ccccc6n4c53)cc21. The van der Waals surface area contributed by atoms with E-state index in [0.29, 0.717) is 0 Å². The molecule has 0 radical (unpaired) electrons. The van der Waals surface area contributed by atoms with E-state index in [9.17, 15) is 0 Å². The average Bonchev–Trinajstić information content (AvgIpc) is 3.80. The van der Waals surface area contributed by atoms with Crippen LogP contribution in [-0.4, -0.2) is 8.80 Å². The normalized spacial score (nSPS) is 13.7. The molecule has 1 aliphatic rings. The van der Waals surface area contributed by atoms with Gasteiger partial charge in [0, 0.05) is 38.0 Å². The van der Waals surface area contributed by atoms with Crippen molar-refractivity contribution in [2.75, 3.05) is 4.90 Å². The van der Waals surface area contributed by atoms with Crippen LogP contribution in [0.15, 0.2) is 164 Å².